The van der Waals surface area contributed by atoms with Crippen molar-refractivity contribution in [3.63, 3.8) is 0 Å². The zero-order valence-corrected chi connectivity index (χ0v) is 5.50. The summed E-state index contributed by atoms with van der Waals surface area (Å²) in [6, 6.07) is 7.33. The fourth-order valence-corrected chi connectivity index (χ4v) is 0.696. The van der Waals surface area contributed by atoms with Gasteiger partial charge in [0.2, 0.25) is 0 Å². The first-order valence-corrected chi connectivity index (χ1v) is 2.83. The lowest BCUT2D eigenvalue weighted by atomic mass is 10.2. The molecule has 0 saturated heterocycles. The summed E-state index contributed by atoms with van der Waals surface area (Å²) < 4.78 is 0. The number of hydrogen-bond acceptors (Lipinski definition) is 2. The molecule has 1 aromatic rings. The normalized spacial score (nSPS) is 9.30. The summed E-state index contributed by atoms with van der Waals surface area (Å²) in [5, 5.41) is 10.2. The molecular weight excluding hydrogens is 130 g/mol. The summed E-state index contributed by atoms with van der Waals surface area (Å²) in [5.41, 5.74) is 0.797. The molecule has 0 atom stereocenters. The van der Waals surface area contributed by atoms with Crippen LogP contribution < -0.4 is 0 Å². The maximum Gasteiger partial charge on any atom is 0.272 e. The number of rotatable bonds is 1. The van der Waals surface area contributed by atoms with E-state index in [0.29, 0.717) is 5.56 Å². The van der Waals surface area contributed by atoms with Crippen LogP contribution in [0.1, 0.15) is 5.56 Å². The van der Waals surface area contributed by atoms with E-state index in [0.717, 1.165) is 0 Å². The van der Waals surface area contributed by atoms with E-state index in [-0.39, 0.29) is 5.69 Å². The third kappa shape index (κ3) is 1.13. The topological polar surface area (TPSA) is 43.1 Å². The van der Waals surface area contributed by atoms with Gasteiger partial charge in [0.1, 0.15) is 0 Å². The number of aryl methyl sites for hydroxylation is 1. The number of benzene rings is 1. The Morgan fingerprint density at radius 1 is 1.70 bits per heavy atom. The first-order valence-electron chi connectivity index (χ1n) is 2.83. The minimum atomic E-state index is -0.411. The fourth-order valence-electron chi connectivity index (χ4n) is 0.696. The van der Waals surface area contributed by atoms with Crippen LogP contribution >= 0.6 is 0 Å². The van der Waals surface area contributed by atoms with Gasteiger partial charge in [0.05, 0.1) is 4.92 Å². The van der Waals surface area contributed by atoms with Crippen LogP contribution in [0.3, 0.4) is 0 Å². The lowest BCUT2D eigenvalue weighted by Crippen LogP contribution is -1.89. The Labute approximate surface area is 58.4 Å². The van der Waals surface area contributed by atoms with Gasteiger partial charge in [-0.3, -0.25) is 10.1 Å². The van der Waals surface area contributed by atoms with Crippen molar-refractivity contribution in [1.82, 2.24) is 0 Å². The zero-order valence-electron chi connectivity index (χ0n) is 5.50. The Kier molecular flexibility index (Phi) is 1.67. The van der Waals surface area contributed by atoms with Crippen molar-refractivity contribution in [2.45, 2.75) is 6.92 Å². The maximum absolute atomic E-state index is 10.2. The van der Waals surface area contributed by atoms with Gasteiger partial charge in [-0.15, -0.1) is 0 Å². The van der Waals surface area contributed by atoms with Crippen molar-refractivity contribution in [2.24, 2.45) is 0 Å². The molecule has 0 aliphatic rings. The molecule has 0 spiro atoms. The molecule has 0 aliphatic heterocycles. The zero-order chi connectivity index (χ0) is 7.56. The second-order valence-corrected chi connectivity index (χ2v) is 1.97. The molecule has 1 aromatic carbocycles. The van der Waals surface area contributed by atoms with Gasteiger partial charge >= 0.3 is 0 Å². The Morgan fingerprint density at radius 3 is 2.80 bits per heavy atom. The van der Waals surface area contributed by atoms with E-state index in [9.17, 15) is 10.1 Å². The Hall–Kier alpha value is -1.38. The van der Waals surface area contributed by atoms with E-state index in [4.69, 9.17) is 0 Å². The largest absolute Gasteiger partial charge is 0.272 e. The average molecular weight is 136 g/mol. The van der Waals surface area contributed by atoms with E-state index < -0.39 is 4.92 Å². The second kappa shape index (κ2) is 2.47. The van der Waals surface area contributed by atoms with Crippen molar-refractivity contribution < 1.29 is 4.92 Å². The highest BCUT2D eigenvalue weighted by Crippen LogP contribution is 2.14. The van der Waals surface area contributed by atoms with E-state index in [2.05, 4.69) is 6.07 Å². The standard InChI is InChI=1S/C7H6NO2/c1-6-4-2-3-5-7(6)8(9)10/h2,4-5H,1H3. The predicted molar refractivity (Wildman–Crippen MR) is 36.7 cm³/mol. The molecule has 0 fully saturated rings. The van der Waals surface area contributed by atoms with Gasteiger partial charge in [0, 0.05) is 11.6 Å². The predicted octanol–water partition coefficient (Wildman–Crippen LogP) is 1.70. The van der Waals surface area contributed by atoms with Crippen molar-refractivity contribution in [2.75, 3.05) is 0 Å². The SMILES string of the molecule is Cc1cc[c]cc1[N+](=O)[O-]. The first-order chi connectivity index (χ1) is 4.72. The van der Waals surface area contributed by atoms with Gasteiger partial charge in [-0.25, -0.2) is 0 Å². The third-order valence-electron chi connectivity index (χ3n) is 1.25. The second-order valence-electron chi connectivity index (χ2n) is 1.97. The number of nitro benzene ring substituents is 1. The quantitative estimate of drug-likeness (QED) is 0.435. The highest BCUT2D eigenvalue weighted by Gasteiger charge is 2.06. The molecule has 0 aliphatic carbocycles. The molecule has 0 heterocycles. The van der Waals surface area contributed by atoms with Crippen LogP contribution in [0.25, 0.3) is 0 Å². The van der Waals surface area contributed by atoms with Gasteiger partial charge in [0.15, 0.2) is 0 Å². The summed E-state index contributed by atoms with van der Waals surface area (Å²) in [5.74, 6) is 0. The molecule has 3 heteroatoms. The Balaban J connectivity index is 3.15. The summed E-state index contributed by atoms with van der Waals surface area (Å²) in [6.45, 7) is 1.70. The maximum atomic E-state index is 10.2. The molecule has 1 rings (SSSR count). The van der Waals surface area contributed by atoms with E-state index in [1.54, 1.807) is 19.1 Å². The summed E-state index contributed by atoms with van der Waals surface area (Å²) in [4.78, 5) is 9.80. The molecule has 0 N–H and O–H groups in total. The number of nitrogens with zero attached hydrogens (tertiary/aromatic N) is 1. The van der Waals surface area contributed by atoms with Gasteiger partial charge in [0.25, 0.3) is 5.69 Å². The molecule has 0 aromatic heterocycles. The molecular formula is C7H6NO2. The van der Waals surface area contributed by atoms with Gasteiger partial charge in [-0.1, -0.05) is 12.1 Å². The average Bonchev–Trinajstić information content (AvgIpc) is 1.88. The minimum Gasteiger partial charge on any atom is -0.258 e. The smallest absolute Gasteiger partial charge is 0.258 e. The monoisotopic (exact) mass is 136 g/mol. The molecule has 3 nitrogen and oxygen atoms in total. The molecule has 0 bridgehead atoms. The lowest BCUT2D eigenvalue weighted by Gasteiger charge is -1.92. The summed E-state index contributed by atoms with van der Waals surface area (Å²) in [6.07, 6.45) is 0. The first kappa shape index (κ1) is 6.74. The molecule has 0 unspecified atom stereocenters. The van der Waals surface area contributed by atoms with E-state index in [1.807, 2.05) is 0 Å². The van der Waals surface area contributed by atoms with Gasteiger partial charge in [-0.2, -0.15) is 0 Å². The van der Waals surface area contributed by atoms with Crippen LogP contribution in [-0.2, 0) is 0 Å². The van der Waals surface area contributed by atoms with Crippen LogP contribution in [0.4, 0.5) is 5.69 Å². The van der Waals surface area contributed by atoms with Crippen molar-refractivity contribution in [3.05, 3.63) is 39.9 Å². The number of nitro groups is 1. The highest BCUT2D eigenvalue weighted by atomic mass is 16.6. The highest BCUT2D eigenvalue weighted by molar-refractivity contribution is 5.37. The molecule has 0 saturated carbocycles. The van der Waals surface area contributed by atoms with E-state index in [1.165, 1.54) is 6.07 Å². The van der Waals surface area contributed by atoms with Crippen LogP contribution in [-0.4, -0.2) is 4.92 Å². The Morgan fingerprint density at radius 2 is 2.40 bits per heavy atom. The fraction of sp³-hybridized carbons (Fsp3) is 0.143. The minimum absolute atomic E-state index is 0.127. The van der Waals surface area contributed by atoms with Crippen LogP contribution in [0.15, 0.2) is 18.2 Å². The van der Waals surface area contributed by atoms with Crippen molar-refractivity contribution in [3.8, 4) is 0 Å². The Bertz CT molecular complexity index is 258. The molecule has 51 valence electrons. The van der Waals surface area contributed by atoms with Crippen LogP contribution in [0.2, 0.25) is 0 Å². The summed E-state index contributed by atoms with van der Waals surface area (Å²) >= 11 is 0. The summed E-state index contributed by atoms with van der Waals surface area (Å²) in [7, 11) is 0. The van der Waals surface area contributed by atoms with Gasteiger partial charge in [-0.05, 0) is 13.0 Å². The van der Waals surface area contributed by atoms with Crippen LogP contribution in [0, 0.1) is 23.1 Å². The molecule has 0 amide bonds. The van der Waals surface area contributed by atoms with Crippen LogP contribution in [0.5, 0.6) is 0 Å². The van der Waals surface area contributed by atoms with Crippen molar-refractivity contribution >= 4 is 5.69 Å². The number of hydrogen-bond donors (Lipinski definition) is 0. The third-order valence-corrected chi connectivity index (χ3v) is 1.25. The lowest BCUT2D eigenvalue weighted by molar-refractivity contribution is -0.385. The van der Waals surface area contributed by atoms with Gasteiger partial charge < -0.3 is 0 Å². The van der Waals surface area contributed by atoms with E-state index >= 15 is 0 Å². The molecule has 1 radical (unpaired) electrons. The van der Waals surface area contributed by atoms with Crippen molar-refractivity contribution in [1.29, 1.82) is 0 Å². The molecule has 10 heavy (non-hydrogen) atoms.